The number of anilines is 1. The number of hydrogen-bond acceptors (Lipinski definition) is 3. The van der Waals surface area contributed by atoms with Gasteiger partial charge in [0.15, 0.2) is 0 Å². The quantitative estimate of drug-likeness (QED) is 0.627. The van der Waals surface area contributed by atoms with Crippen LogP contribution < -0.4 is 16.0 Å². The molecule has 0 atom stereocenters. The van der Waals surface area contributed by atoms with Crippen molar-refractivity contribution < 1.29 is 9.59 Å². The first-order chi connectivity index (χ1) is 10.8. The maximum absolute atomic E-state index is 12.0. The molecule has 1 rings (SSSR count). The number of rotatable bonds is 8. The summed E-state index contributed by atoms with van der Waals surface area (Å²) in [5.41, 5.74) is 1.52. The van der Waals surface area contributed by atoms with Gasteiger partial charge in [-0.15, -0.1) is 12.4 Å². The van der Waals surface area contributed by atoms with E-state index in [2.05, 4.69) is 16.0 Å². The van der Waals surface area contributed by atoms with Crippen LogP contribution in [0.4, 0.5) is 5.69 Å². The summed E-state index contributed by atoms with van der Waals surface area (Å²) in [5, 5.41) is 9.06. The molecule has 0 aromatic heterocycles. The molecule has 136 valence electrons. The van der Waals surface area contributed by atoms with Crippen molar-refractivity contribution >= 4 is 29.9 Å². The molecule has 1 aromatic carbocycles. The fraction of sp³-hybridized carbons (Fsp3) is 0.556. The standard InChI is InChI=1S/C18H29N3O2.ClH/c1-5-19-13-14-9-6-7-10-15(14)21-16(22)11-8-12-20-17(23)18(2,3)4;/h6-7,9-10,19H,5,8,11-13H2,1-4H3,(H,20,23)(H,21,22);1H. The van der Waals surface area contributed by atoms with E-state index in [1.54, 1.807) is 0 Å². The molecule has 0 radical (unpaired) electrons. The van der Waals surface area contributed by atoms with Gasteiger partial charge in [-0.25, -0.2) is 0 Å². The van der Waals surface area contributed by atoms with Crippen LogP contribution in [0.1, 0.15) is 46.1 Å². The summed E-state index contributed by atoms with van der Waals surface area (Å²) in [6.45, 7) is 9.79. The molecule has 0 spiro atoms. The lowest BCUT2D eigenvalue weighted by molar-refractivity contribution is -0.128. The molecule has 0 fully saturated rings. The smallest absolute Gasteiger partial charge is 0.225 e. The summed E-state index contributed by atoms with van der Waals surface area (Å²) in [4.78, 5) is 23.8. The van der Waals surface area contributed by atoms with Gasteiger partial charge in [-0.1, -0.05) is 45.9 Å². The van der Waals surface area contributed by atoms with Crippen LogP contribution in [-0.2, 0) is 16.1 Å². The van der Waals surface area contributed by atoms with Gasteiger partial charge in [0.05, 0.1) is 0 Å². The molecule has 0 heterocycles. The molecular weight excluding hydrogens is 326 g/mol. The zero-order valence-electron chi connectivity index (χ0n) is 15.1. The highest BCUT2D eigenvalue weighted by Crippen LogP contribution is 2.15. The predicted molar refractivity (Wildman–Crippen MR) is 101 cm³/mol. The number of benzene rings is 1. The third-order valence-corrected chi connectivity index (χ3v) is 3.40. The van der Waals surface area contributed by atoms with Crippen molar-refractivity contribution in [2.45, 2.75) is 47.1 Å². The molecule has 0 saturated heterocycles. The molecule has 3 N–H and O–H groups in total. The van der Waals surface area contributed by atoms with Crippen LogP contribution >= 0.6 is 12.4 Å². The Bertz CT molecular complexity index is 527. The molecule has 0 aliphatic carbocycles. The number of para-hydroxylation sites is 1. The first kappa shape index (κ1) is 22.4. The molecular formula is C18H30ClN3O2. The van der Waals surface area contributed by atoms with Gasteiger partial charge in [-0.05, 0) is 24.6 Å². The average Bonchev–Trinajstić information content (AvgIpc) is 2.49. The van der Waals surface area contributed by atoms with Gasteiger partial charge in [0.2, 0.25) is 11.8 Å². The van der Waals surface area contributed by atoms with Crippen LogP contribution in [0.15, 0.2) is 24.3 Å². The van der Waals surface area contributed by atoms with Crippen LogP contribution in [0.3, 0.4) is 0 Å². The highest BCUT2D eigenvalue weighted by atomic mass is 35.5. The molecule has 6 heteroatoms. The summed E-state index contributed by atoms with van der Waals surface area (Å²) < 4.78 is 0. The Morgan fingerprint density at radius 2 is 1.79 bits per heavy atom. The molecule has 0 aliphatic heterocycles. The number of amides is 2. The van der Waals surface area contributed by atoms with E-state index in [1.807, 2.05) is 52.0 Å². The van der Waals surface area contributed by atoms with Crippen LogP contribution in [-0.4, -0.2) is 24.9 Å². The summed E-state index contributed by atoms with van der Waals surface area (Å²) in [6, 6.07) is 7.78. The Morgan fingerprint density at radius 3 is 2.42 bits per heavy atom. The van der Waals surface area contributed by atoms with Gasteiger partial charge in [0.1, 0.15) is 0 Å². The van der Waals surface area contributed by atoms with Gasteiger partial charge in [0, 0.05) is 30.6 Å². The minimum atomic E-state index is -0.395. The van der Waals surface area contributed by atoms with Crippen molar-refractivity contribution in [1.29, 1.82) is 0 Å². The fourth-order valence-electron chi connectivity index (χ4n) is 1.98. The van der Waals surface area contributed by atoms with Crippen molar-refractivity contribution in [3.63, 3.8) is 0 Å². The summed E-state index contributed by atoms with van der Waals surface area (Å²) in [5.74, 6) is -0.0205. The van der Waals surface area contributed by atoms with Gasteiger partial charge >= 0.3 is 0 Å². The average molecular weight is 356 g/mol. The minimum absolute atomic E-state index is 0. The second-order valence-corrected chi connectivity index (χ2v) is 6.60. The Labute approximate surface area is 151 Å². The van der Waals surface area contributed by atoms with E-state index in [0.29, 0.717) is 19.4 Å². The van der Waals surface area contributed by atoms with Crippen LogP contribution in [0.2, 0.25) is 0 Å². The highest BCUT2D eigenvalue weighted by Gasteiger charge is 2.20. The van der Waals surface area contributed by atoms with E-state index in [1.165, 1.54) is 0 Å². The second kappa shape index (κ2) is 11.0. The van der Waals surface area contributed by atoms with E-state index in [-0.39, 0.29) is 24.2 Å². The van der Waals surface area contributed by atoms with Gasteiger partial charge in [-0.3, -0.25) is 9.59 Å². The lowest BCUT2D eigenvalue weighted by Gasteiger charge is -2.17. The number of carbonyl (C=O) groups is 2. The zero-order chi connectivity index (χ0) is 17.3. The largest absolute Gasteiger partial charge is 0.356 e. The normalized spacial score (nSPS) is 10.7. The SMILES string of the molecule is CCNCc1ccccc1NC(=O)CCCNC(=O)C(C)(C)C.Cl. The Balaban J connectivity index is 0.00000529. The van der Waals surface area contributed by atoms with E-state index >= 15 is 0 Å². The number of hydrogen-bond donors (Lipinski definition) is 3. The third-order valence-electron chi connectivity index (χ3n) is 3.40. The topological polar surface area (TPSA) is 70.2 Å². The van der Waals surface area contributed by atoms with Crippen molar-refractivity contribution in [2.75, 3.05) is 18.4 Å². The highest BCUT2D eigenvalue weighted by molar-refractivity contribution is 5.91. The first-order valence-corrected chi connectivity index (χ1v) is 8.21. The van der Waals surface area contributed by atoms with Crippen LogP contribution in [0, 0.1) is 5.41 Å². The molecule has 5 nitrogen and oxygen atoms in total. The van der Waals surface area contributed by atoms with Gasteiger partial charge in [0.25, 0.3) is 0 Å². The second-order valence-electron chi connectivity index (χ2n) is 6.60. The molecule has 2 amide bonds. The van der Waals surface area contributed by atoms with Crippen molar-refractivity contribution in [1.82, 2.24) is 10.6 Å². The van der Waals surface area contributed by atoms with E-state index < -0.39 is 5.41 Å². The summed E-state index contributed by atoms with van der Waals surface area (Å²) in [7, 11) is 0. The minimum Gasteiger partial charge on any atom is -0.356 e. The maximum Gasteiger partial charge on any atom is 0.225 e. The number of carbonyl (C=O) groups excluding carboxylic acids is 2. The summed E-state index contributed by atoms with van der Waals surface area (Å²) in [6.07, 6.45) is 1.02. The maximum atomic E-state index is 12.0. The monoisotopic (exact) mass is 355 g/mol. The number of halogens is 1. The Hall–Kier alpha value is -1.59. The summed E-state index contributed by atoms with van der Waals surface area (Å²) >= 11 is 0. The fourth-order valence-corrected chi connectivity index (χ4v) is 1.98. The van der Waals surface area contributed by atoms with E-state index in [9.17, 15) is 9.59 Å². The van der Waals surface area contributed by atoms with Gasteiger partial charge in [-0.2, -0.15) is 0 Å². The third kappa shape index (κ3) is 8.31. The molecule has 24 heavy (non-hydrogen) atoms. The zero-order valence-corrected chi connectivity index (χ0v) is 15.9. The van der Waals surface area contributed by atoms with Crippen molar-refractivity contribution in [2.24, 2.45) is 5.41 Å². The lowest BCUT2D eigenvalue weighted by atomic mass is 9.96. The molecule has 0 aliphatic rings. The van der Waals surface area contributed by atoms with E-state index in [4.69, 9.17) is 0 Å². The van der Waals surface area contributed by atoms with Crippen molar-refractivity contribution in [3.8, 4) is 0 Å². The first-order valence-electron chi connectivity index (χ1n) is 8.21. The van der Waals surface area contributed by atoms with Crippen LogP contribution in [0.5, 0.6) is 0 Å². The number of nitrogens with one attached hydrogen (secondary N) is 3. The molecule has 0 saturated carbocycles. The molecule has 1 aromatic rings. The molecule has 0 unspecified atom stereocenters. The predicted octanol–water partition coefficient (Wildman–Crippen LogP) is 3.10. The van der Waals surface area contributed by atoms with Gasteiger partial charge < -0.3 is 16.0 Å². The van der Waals surface area contributed by atoms with Crippen molar-refractivity contribution in [3.05, 3.63) is 29.8 Å². The van der Waals surface area contributed by atoms with E-state index in [0.717, 1.165) is 24.3 Å². The Morgan fingerprint density at radius 1 is 1.12 bits per heavy atom. The van der Waals surface area contributed by atoms with Crippen LogP contribution in [0.25, 0.3) is 0 Å². The molecule has 0 bridgehead atoms. The Kier molecular flexibility index (Phi) is 10.3. The lowest BCUT2D eigenvalue weighted by Crippen LogP contribution is -2.35.